The number of nitrogens with one attached hydrogen (secondary N) is 1. The lowest BCUT2D eigenvalue weighted by atomic mass is 9.91. The number of morpholine rings is 1. The summed E-state index contributed by atoms with van der Waals surface area (Å²) < 4.78 is 5.92. The number of nitrogens with zero attached hydrogens (tertiary/aromatic N) is 1. The van der Waals surface area contributed by atoms with Crippen LogP contribution in [0.4, 0.5) is 0 Å². The van der Waals surface area contributed by atoms with Crippen molar-refractivity contribution in [1.82, 2.24) is 10.2 Å². The molecule has 1 heterocycles. The Bertz CT molecular complexity index is 359. The molecule has 0 bridgehead atoms. The van der Waals surface area contributed by atoms with Crippen molar-refractivity contribution in [2.45, 2.75) is 77.7 Å². The van der Waals surface area contributed by atoms with Crippen LogP contribution in [-0.4, -0.2) is 58.9 Å². The maximum Gasteiger partial charge on any atom is 0.323 e. The van der Waals surface area contributed by atoms with Gasteiger partial charge in [0.05, 0.1) is 11.7 Å². The van der Waals surface area contributed by atoms with Gasteiger partial charge in [0.1, 0.15) is 5.54 Å². The van der Waals surface area contributed by atoms with E-state index < -0.39 is 11.5 Å². The summed E-state index contributed by atoms with van der Waals surface area (Å²) in [5.41, 5.74) is -1.05. The van der Waals surface area contributed by atoms with E-state index in [0.29, 0.717) is 6.42 Å². The summed E-state index contributed by atoms with van der Waals surface area (Å²) in [5.74, 6) is -0.775. The fraction of sp³-hybridized carbons (Fsp3) is 0.938. The first-order valence-electron chi connectivity index (χ1n) is 8.00. The van der Waals surface area contributed by atoms with Gasteiger partial charge in [-0.3, -0.25) is 9.69 Å². The number of ether oxygens (including phenoxy) is 1. The van der Waals surface area contributed by atoms with Gasteiger partial charge >= 0.3 is 5.97 Å². The fourth-order valence-corrected chi connectivity index (χ4v) is 3.19. The van der Waals surface area contributed by atoms with Gasteiger partial charge < -0.3 is 15.2 Å². The van der Waals surface area contributed by atoms with Gasteiger partial charge in [-0.15, -0.1) is 0 Å². The molecule has 0 aromatic heterocycles. The first-order valence-corrected chi connectivity index (χ1v) is 8.00. The molecule has 1 saturated heterocycles. The molecule has 1 rings (SSSR count). The normalized spacial score (nSPS) is 27.0. The predicted octanol–water partition coefficient (Wildman–Crippen LogP) is 2.11. The van der Waals surface area contributed by atoms with Crippen molar-refractivity contribution >= 4 is 5.97 Å². The van der Waals surface area contributed by atoms with Crippen LogP contribution >= 0.6 is 0 Å². The van der Waals surface area contributed by atoms with E-state index in [4.69, 9.17) is 4.74 Å². The summed E-state index contributed by atoms with van der Waals surface area (Å²) >= 11 is 0. The maximum absolute atomic E-state index is 11.6. The molecule has 0 aromatic carbocycles. The first kappa shape index (κ1) is 18.4. The number of carbonyl (C=O) groups is 1. The summed E-state index contributed by atoms with van der Waals surface area (Å²) in [7, 11) is 0. The van der Waals surface area contributed by atoms with Gasteiger partial charge in [-0.1, -0.05) is 6.92 Å². The van der Waals surface area contributed by atoms with Crippen LogP contribution in [-0.2, 0) is 9.53 Å². The average Bonchev–Trinajstić information content (AvgIpc) is 2.33. The predicted molar refractivity (Wildman–Crippen MR) is 84.6 cm³/mol. The molecule has 2 N–H and O–H groups in total. The highest BCUT2D eigenvalue weighted by atomic mass is 16.5. The van der Waals surface area contributed by atoms with Crippen LogP contribution in [0.25, 0.3) is 0 Å². The molecule has 0 aliphatic carbocycles. The summed E-state index contributed by atoms with van der Waals surface area (Å²) in [6, 6.07) is 0.195. The zero-order valence-electron chi connectivity index (χ0n) is 14.4. The van der Waals surface area contributed by atoms with Crippen molar-refractivity contribution in [1.29, 1.82) is 0 Å². The zero-order valence-corrected chi connectivity index (χ0v) is 14.4. The van der Waals surface area contributed by atoms with Gasteiger partial charge in [0.25, 0.3) is 0 Å². The molecule has 3 atom stereocenters. The van der Waals surface area contributed by atoms with Crippen molar-refractivity contribution in [2.24, 2.45) is 0 Å². The van der Waals surface area contributed by atoms with E-state index in [9.17, 15) is 9.90 Å². The molecule has 5 heteroatoms. The smallest absolute Gasteiger partial charge is 0.323 e. The third-order valence-corrected chi connectivity index (χ3v) is 4.16. The lowest BCUT2D eigenvalue weighted by molar-refractivity contribution is -0.149. The van der Waals surface area contributed by atoms with Gasteiger partial charge in [0.2, 0.25) is 0 Å². The fourth-order valence-electron chi connectivity index (χ4n) is 3.19. The lowest BCUT2D eigenvalue weighted by Crippen LogP contribution is -2.58. The molecular formula is C16H32N2O3. The van der Waals surface area contributed by atoms with Gasteiger partial charge in [-0.25, -0.2) is 0 Å². The number of hydrogen-bond donors (Lipinski definition) is 2. The Hall–Kier alpha value is -0.650. The zero-order chi connectivity index (χ0) is 16.3. The van der Waals surface area contributed by atoms with Crippen LogP contribution in [0, 0.1) is 0 Å². The van der Waals surface area contributed by atoms with Gasteiger partial charge in [0, 0.05) is 19.1 Å². The second-order valence-corrected chi connectivity index (χ2v) is 7.23. The van der Waals surface area contributed by atoms with Gasteiger partial charge in [0.15, 0.2) is 0 Å². The molecule has 1 fully saturated rings. The van der Waals surface area contributed by atoms with E-state index >= 15 is 0 Å². The minimum absolute atomic E-state index is 0.177. The summed E-state index contributed by atoms with van der Waals surface area (Å²) in [6.07, 6.45) is 1.69. The highest BCUT2D eigenvalue weighted by Crippen LogP contribution is 2.25. The monoisotopic (exact) mass is 300 g/mol. The van der Waals surface area contributed by atoms with Crippen molar-refractivity contribution in [3.05, 3.63) is 0 Å². The number of rotatable bonds is 7. The molecule has 0 saturated carbocycles. The second kappa shape index (κ2) is 7.07. The molecule has 3 unspecified atom stereocenters. The molecule has 5 nitrogen and oxygen atoms in total. The van der Waals surface area contributed by atoms with Crippen molar-refractivity contribution in [3.63, 3.8) is 0 Å². The molecular weight excluding hydrogens is 268 g/mol. The Balaban J connectivity index is 2.72. The first-order chi connectivity index (χ1) is 9.59. The number of hydrogen-bond acceptors (Lipinski definition) is 4. The largest absolute Gasteiger partial charge is 0.480 e. The highest BCUT2D eigenvalue weighted by molar-refractivity contribution is 5.78. The summed E-state index contributed by atoms with van der Waals surface area (Å²) in [5, 5.41) is 12.7. The van der Waals surface area contributed by atoms with Crippen molar-refractivity contribution < 1.29 is 14.6 Å². The van der Waals surface area contributed by atoms with Crippen LogP contribution in [0.5, 0.6) is 0 Å². The van der Waals surface area contributed by atoms with E-state index in [1.807, 2.05) is 6.92 Å². The van der Waals surface area contributed by atoms with Crippen LogP contribution in [0.3, 0.4) is 0 Å². The molecule has 21 heavy (non-hydrogen) atoms. The van der Waals surface area contributed by atoms with E-state index in [1.165, 1.54) is 0 Å². The quantitative estimate of drug-likeness (QED) is 0.754. The van der Waals surface area contributed by atoms with E-state index in [0.717, 1.165) is 26.1 Å². The van der Waals surface area contributed by atoms with Crippen LogP contribution < -0.4 is 5.32 Å². The standard InChI is InChI=1S/C16H32N2O3/c1-7-8-17-16(6,14(19)20)9-12(2)18-10-13(3)21-15(4,5)11-18/h12-13,17H,7-11H2,1-6H3,(H,19,20). The van der Waals surface area contributed by atoms with Crippen LogP contribution in [0.1, 0.15) is 54.4 Å². The second-order valence-electron chi connectivity index (χ2n) is 7.23. The third-order valence-electron chi connectivity index (χ3n) is 4.16. The molecule has 124 valence electrons. The van der Waals surface area contributed by atoms with Gasteiger partial charge in [-0.05, 0) is 54.0 Å². The highest BCUT2D eigenvalue weighted by Gasteiger charge is 2.39. The Morgan fingerprint density at radius 2 is 2.19 bits per heavy atom. The molecule has 0 radical (unpaired) electrons. The molecule has 1 aliphatic heterocycles. The van der Waals surface area contributed by atoms with Crippen molar-refractivity contribution in [2.75, 3.05) is 19.6 Å². The minimum Gasteiger partial charge on any atom is -0.480 e. The van der Waals surface area contributed by atoms with Crippen LogP contribution in [0.2, 0.25) is 0 Å². The Kier molecular flexibility index (Phi) is 6.20. The Morgan fingerprint density at radius 3 is 2.67 bits per heavy atom. The minimum atomic E-state index is -0.874. The van der Waals surface area contributed by atoms with Gasteiger partial charge in [-0.2, -0.15) is 0 Å². The Morgan fingerprint density at radius 1 is 1.57 bits per heavy atom. The summed E-state index contributed by atoms with van der Waals surface area (Å²) in [4.78, 5) is 14.0. The molecule has 0 amide bonds. The third kappa shape index (κ3) is 5.24. The molecule has 1 aliphatic rings. The topological polar surface area (TPSA) is 61.8 Å². The number of aliphatic carboxylic acids is 1. The maximum atomic E-state index is 11.6. The van der Waals surface area contributed by atoms with Crippen LogP contribution in [0.15, 0.2) is 0 Å². The van der Waals surface area contributed by atoms with Crippen molar-refractivity contribution in [3.8, 4) is 0 Å². The van der Waals surface area contributed by atoms with E-state index in [2.05, 4.69) is 37.9 Å². The number of carboxylic acids is 1. The Labute approximate surface area is 129 Å². The SMILES string of the molecule is CCCNC(C)(CC(C)N1CC(C)OC(C)(C)C1)C(=O)O. The lowest BCUT2D eigenvalue weighted by Gasteiger charge is -2.45. The summed E-state index contributed by atoms with van der Waals surface area (Å²) in [6.45, 7) is 14.6. The average molecular weight is 300 g/mol. The molecule has 0 aromatic rings. The van der Waals surface area contributed by atoms with E-state index in [1.54, 1.807) is 6.92 Å². The number of carboxylic acid groups (broad SMARTS) is 1. The molecule has 0 spiro atoms. The van der Waals surface area contributed by atoms with E-state index in [-0.39, 0.29) is 17.7 Å².